The molecule has 7 heteroatoms. The van der Waals surface area contributed by atoms with Gasteiger partial charge in [-0.1, -0.05) is 6.07 Å². The van der Waals surface area contributed by atoms with Crippen molar-refractivity contribution < 1.29 is 33.3 Å². The third-order valence-electron chi connectivity index (χ3n) is 4.40. The number of carbonyl (C=O) groups excluding carboxylic acids is 3. The number of ether oxygens (including phenoxy) is 4. The van der Waals surface area contributed by atoms with Gasteiger partial charge in [-0.25, -0.2) is 0 Å². The van der Waals surface area contributed by atoms with Gasteiger partial charge in [0.1, 0.15) is 11.5 Å². The maximum Gasteiger partial charge on any atom is 0.318 e. The van der Waals surface area contributed by atoms with Crippen LogP contribution in [0.15, 0.2) is 18.2 Å². The van der Waals surface area contributed by atoms with Crippen LogP contribution in [0.5, 0.6) is 11.5 Å². The SMILES string of the molecule is COC(=O)C(C)(C)C(=O)C1CC(=O)OC1c1ccc(OC)c(OC)c1. The molecule has 136 valence electrons. The summed E-state index contributed by atoms with van der Waals surface area (Å²) in [4.78, 5) is 36.7. The molecule has 2 unspecified atom stereocenters. The van der Waals surface area contributed by atoms with Crippen LogP contribution in [-0.4, -0.2) is 39.1 Å². The van der Waals surface area contributed by atoms with Gasteiger partial charge in [0.2, 0.25) is 0 Å². The van der Waals surface area contributed by atoms with Crippen molar-refractivity contribution >= 4 is 17.7 Å². The van der Waals surface area contributed by atoms with Crippen LogP contribution >= 0.6 is 0 Å². The predicted octanol–water partition coefficient (Wildman–Crippen LogP) is 2.08. The van der Waals surface area contributed by atoms with Gasteiger partial charge < -0.3 is 18.9 Å². The van der Waals surface area contributed by atoms with Crippen LogP contribution in [0.1, 0.15) is 31.9 Å². The van der Waals surface area contributed by atoms with E-state index in [9.17, 15) is 14.4 Å². The summed E-state index contributed by atoms with van der Waals surface area (Å²) in [6.45, 7) is 2.96. The highest BCUT2D eigenvalue weighted by Gasteiger charge is 2.49. The molecule has 0 spiro atoms. The van der Waals surface area contributed by atoms with E-state index in [4.69, 9.17) is 18.9 Å². The van der Waals surface area contributed by atoms with Crippen molar-refractivity contribution in [2.75, 3.05) is 21.3 Å². The maximum absolute atomic E-state index is 12.9. The molecule has 0 N–H and O–H groups in total. The fraction of sp³-hybridized carbons (Fsp3) is 0.500. The summed E-state index contributed by atoms with van der Waals surface area (Å²) in [6.07, 6.45) is -0.873. The maximum atomic E-state index is 12.9. The second kappa shape index (κ2) is 7.13. The van der Waals surface area contributed by atoms with E-state index in [1.807, 2.05) is 0 Å². The number of Topliss-reactive ketones (excluding diaryl/α,β-unsaturated/α-hetero) is 1. The number of ketones is 1. The number of benzene rings is 1. The molecule has 1 aliphatic heterocycles. The Balaban J connectivity index is 2.38. The molecule has 25 heavy (non-hydrogen) atoms. The molecule has 0 amide bonds. The number of cyclic esters (lactones) is 1. The van der Waals surface area contributed by atoms with E-state index in [1.54, 1.807) is 18.2 Å². The Kier molecular flexibility index (Phi) is 5.35. The number of carbonyl (C=O) groups is 3. The number of esters is 2. The van der Waals surface area contributed by atoms with Crippen molar-refractivity contribution in [1.29, 1.82) is 0 Å². The number of hydrogen-bond acceptors (Lipinski definition) is 7. The molecule has 0 radical (unpaired) electrons. The van der Waals surface area contributed by atoms with Gasteiger partial charge in [0.15, 0.2) is 17.3 Å². The van der Waals surface area contributed by atoms with Crippen LogP contribution in [0.2, 0.25) is 0 Å². The lowest BCUT2D eigenvalue weighted by molar-refractivity contribution is -0.157. The Labute approximate surface area is 146 Å². The average molecular weight is 350 g/mol. The Morgan fingerprint density at radius 2 is 1.76 bits per heavy atom. The summed E-state index contributed by atoms with van der Waals surface area (Å²) < 4.78 is 20.5. The van der Waals surface area contributed by atoms with Gasteiger partial charge in [0.05, 0.1) is 33.7 Å². The summed E-state index contributed by atoms with van der Waals surface area (Å²) in [5, 5.41) is 0. The van der Waals surface area contributed by atoms with Crippen LogP contribution in [0.3, 0.4) is 0 Å². The lowest BCUT2D eigenvalue weighted by atomic mass is 9.77. The molecule has 1 aromatic carbocycles. The van der Waals surface area contributed by atoms with Crippen LogP contribution in [0.4, 0.5) is 0 Å². The first kappa shape index (κ1) is 18.8. The summed E-state index contributed by atoms with van der Waals surface area (Å²) in [7, 11) is 4.23. The predicted molar refractivity (Wildman–Crippen MR) is 87.3 cm³/mol. The van der Waals surface area contributed by atoms with Gasteiger partial charge in [0.25, 0.3) is 0 Å². The second-order valence-electron chi connectivity index (χ2n) is 6.32. The zero-order valence-electron chi connectivity index (χ0n) is 15.0. The van der Waals surface area contributed by atoms with Crippen molar-refractivity contribution in [3.05, 3.63) is 23.8 Å². The molecule has 7 nitrogen and oxygen atoms in total. The standard InChI is InChI=1S/C18H22O7/c1-18(2,17(21)24-5)16(20)11-9-14(19)25-15(11)10-6-7-12(22-3)13(8-10)23-4/h6-8,11,15H,9H2,1-5H3. The normalized spacial score (nSPS) is 20.0. The highest BCUT2D eigenvalue weighted by atomic mass is 16.6. The first-order valence-corrected chi connectivity index (χ1v) is 7.80. The van der Waals surface area contributed by atoms with E-state index < -0.39 is 35.2 Å². The fourth-order valence-corrected chi connectivity index (χ4v) is 2.94. The average Bonchev–Trinajstić information content (AvgIpc) is 3.00. The highest BCUT2D eigenvalue weighted by Crippen LogP contribution is 2.42. The number of hydrogen-bond donors (Lipinski definition) is 0. The Hall–Kier alpha value is -2.57. The first-order chi connectivity index (χ1) is 11.8. The van der Waals surface area contributed by atoms with Crippen molar-refractivity contribution in [2.45, 2.75) is 26.4 Å². The van der Waals surface area contributed by atoms with Crippen molar-refractivity contribution in [1.82, 2.24) is 0 Å². The number of methoxy groups -OCH3 is 3. The van der Waals surface area contributed by atoms with E-state index in [0.29, 0.717) is 17.1 Å². The largest absolute Gasteiger partial charge is 0.493 e. The van der Waals surface area contributed by atoms with Gasteiger partial charge in [0, 0.05) is 0 Å². The van der Waals surface area contributed by atoms with Gasteiger partial charge in [-0.15, -0.1) is 0 Å². The third kappa shape index (κ3) is 3.45. The van der Waals surface area contributed by atoms with Crippen LogP contribution < -0.4 is 9.47 Å². The molecular weight excluding hydrogens is 328 g/mol. The molecule has 2 rings (SSSR count). The summed E-state index contributed by atoms with van der Waals surface area (Å²) in [5.74, 6) is -1.33. The Morgan fingerprint density at radius 1 is 1.12 bits per heavy atom. The van der Waals surface area contributed by atoms with Gasteiger partial charge in [-0.2, -0.15) is 0 Å². The molecular formula is C18H22O7. The topological polar surface area (TPSA) is 88.1 Å². The van der Waals surface area contributed by atoms with Crippen LogP contribution in [0.25, 0.3) is 0 Å². The van der Waals surface area contributed by atoms with Crippen molar-refractivity contribution in [3.8, 4) is 11.5 Å². The molecule has 0 aromatic heterocycles. The smallest absolute Gasteiger partial charge is 0.318 e. The molecule has 1 saturated heterocycles. The molecule has 0 bridgehead atoms. The molecule has 0 aliphatic carbocycles. The monoisotopic (exact) mass is 350 g/mol. The van der Waals surface area contributed by atoms with Crippen molar-refractivity contribution in [3.63, 3.8) is 0 Å². The summed E-state index contributed by atoms with van der Waals surface area (Å²) in [6, 6.07) is 5.04. The highest BCUT2D eigenvalue weighted by molar-refractivity contribution is 6.05. The van der Waals surface area contributed by atoms with Gasteiger partial charge in [-0.05, 0) is 31.5 Å². The fourth-order valence-electron chi connectivity index (χ4n) is 2.94. The van der Waals surface area contributed by atoms with Crippen molar-refractivity contribution in [2.24, 2.45) is 11.3 Å². The van der Waals surface area contributed by atoms with Gasteiger partial charge >= 0.3 is 11.9 Å². The molecule has 0 saturated carbocycles. The van der Waals surface area contributed by atoms with Gasteiger partial charge in [-0.3, -0.25) is 14.4 Å². The lowest BCUT2D eigenvalue weighted by Crippen LogP contribution is -2.39. The summed E-state index contributed by atoms with van der Waals surface area (Å²) >= 11 is 0. The van der Waals surface area contributed by atoms with E-state index >= 15 is 0 Å². The Bertz CT molecular complexity index is 693. The molecule has 1 fully saturated rings. The Morgan fingerprint density at radius 3 is 2.32 bits per heavy atom. The molecule has 1 aliphatic rings. The zero-order valence-corrected chi connectivity index (χ0v) is 15.0. The lowest BCUT2D eigenvalue weighted by Gasteiger charge is -2.26. The zero-order chi connectivity index (χ0) is 18.8. The molecule has 2 atom stereocenters. The summed E-state index contributed by atoms with van der Waals surface area (Å²) in [5.41, 5.74) is -0.773. The molecule has 1 aromatic rings. The quantitative estimate of drug-likeness (QED) is 0.573. The first-order valence-electron chi connectivity index (χ1n) is 7.80. The van der Waals surface area contributed by atoms with E-state index in [-0.39, 0.29) is 6.42 Å². The third-order valence-corrected chi connectivity index (χ3v) is 4.40. The van der Waals surface area contributed by atoms with Crippen LogP contribution in [-0.2, 0) is 23.9 Å². The van der Waals surface area contributed by atoms with E-state index in [1.165, 1.54) is 35.2 Å². The molecule has 1 heterocycles. The minimum atomic E-state index is -1.37. The van der Waals surface area contributed by atoms with E-state index in [0.717, 1.165) is 0 Å². The minimum Gasteiger partial charge on any atom is -0.493 e. The second-order valence-corrected chi connectivity index (χ2v) is 6.32. The minimum absolute atomic E-state index is 0.0851. The van der Waals surface area contributed by atoms with Crippen LogP contribution in [0, 0.1) is 11.3 Å². The van der Waals surface area contributed by atoms with E-state index in [2.05, 4.69) is 0 Å². The number of rotatable bonds is 6.